The first kappa shape index (κ1) is 22.1. The van der Waals surface area contributed by atoms with Crippen LogP contribution in [0.4, 0.5) is 20.5 Å². The van der Waals surface area contributed by atoms with E-state index >= 15 is 0 Å². The highest BCUT2D eigenvalue weighted by Gasteiger charge is 2.25. The minimum absolute atomic E-state index is 0.0839. The normalized spacial score (nSPS) is 17.9. The van der Waals surface area contributed by atoms with Gasteiger partial charge in [0.25, 0.3) is 5.56 Å². The molecule has 34 heavy (non-hydrogen) atoms. The summed E-state index contributed by atoms with van der Waals surface area (Å²) in [4.78, 5) is 28.3. The molecule has 4 aromatic rings. The van der Waals surface area contributed by atoms with E-state index in [2.05, 4.69) is 35.3 Å². The minimum atomic E-state index is -2.91. The van der Waals surface area contributed by atoms with Gasteiger partial charge in [0.15, 0.2) is 5.75 Å². The molecule has 4 heterocycles. The van der Waals surface area contributed by atoms with Crippen molar-refractivity contribution < 1.29 is 13.5 Å². The second-order valence-corrected chi connectivity index (χ2v) is 8.34. The highest BCUT2D eigenvalue weighted by atomic mass is 35.5. The third kappa shape index (κ3) is 4.65. The zero-order valence-electron chi connectivity index (χ0n) is 17.7. The van der Waals surface area contributed by atoms with E-state index < -0.39 is 6.61 Å². The molecule has 0 amide bonds. The van der Waals surface area contributed by atoms with Gasteiger partial charge in [-0.2, -0.15) is 8.78 Å². The van der Waals surface area contributed by atoms with Crippen LogP contribution in [0.15, 0.2) is 54.0 Å². The Hall–Kier alpha value is -3.73. The molecule has 9 nitrogen and oxygen atoms in total. The first-order chi connectivity index (χ1) is 16.5. The van der Waals surface area contributed by atoms with E-state index in [-0.39, 0.29) is 23.4 Å². The lowest BCUT2D eigenvalue weighted by atomic mass is 10.2. The molecule has 176 valence electrons. The number of hydrogen-bond donors (Lipinski definition) is 3. The molecule has 2 atom stereocenters. The van der Waals surface area contributed by atoms with Crippen LogP contribution < -0.4 is 20.9 Å². The van der Waals surface area contributed by atoms with Gasteiger partial charge in [-0.3, -0.25) is 9.36 Å². The molecule has 0 saturated heterocycles. The number of anilines is 2. The zero-order valence-corrected chi connectivity index (χ0v) is 18.5. The van der Waals surface area contributed by atoms with E-state index in [9.17, 15) is 13.6 Å². The molecule has 1 fully saturated rings. The summed E-state index contributed by atoms with van der Waals surface area (Å²) in [7, 11) is 0. The van der Waals surface area contributed by atoms with Crippen LogP contribution in [0.1, 0.15) is 19.3 Å². The Labute approximate surface area is 197 Å². The molecule has 0 spiro atoms. The molecule has 0 bridgehead atoms. The molecule has 0 radical (unpaired) electrons. The molecule has 4 aromatic heterocycles. The van der Waals surface area contributed by atoms with Gasteiger partial charge in [0.1, 0.15) is 5.82 Å². The van der Waals surface area contributed by atoms with Crippen LogP contribution in [0.25, 0.3) is 16.6 Å². The van der Waals surface area contributed by atoms with E-state index in [4.69, 9.17) is 11.6 Å². The van der Waals surface area contributed by atoms with Crippen LogP contribution in [0.2, 0.25) is 5.02 Å². The maximum atomic E-state index is 12.8. The zero-order chi connectivity index (χ0) is 23.7. The second-order valence-electron chi connectivity index (χ2n) is 7.93. The van der Waals surface area contributed by atoms with E-state index in [0.717, 1.165) is 19.3 Å². The SMILES string of the molecule is O=c1c2c(Cl)c[nH]c2ccn1-c1ccc(N[C@H]2CC[C@H](Nc3ncc(OC(F)F)cn3)C2)nc1. The molecule has 1 aliphatic carbocycles. The third-order valence-electron chi connectivity index (χ3n) is 5.68. The van der Waals surface area contributed by atoms with Gasteiger partial charge in [-0.25, -0.2) is 15.0 Å². The summed E-state index contributed by atoms with van der Waals surface area (Å²) in [5.74, 6) is 0.979. The fourth-order valence-electron chi connectivity index (χ4n) is 4.11. The van der Waals surface area contributed by atoms with Crippen molar-refractivity contribution in [1.82, 2.24) is 24.5 Å². The van der Waals surface area contributed by atoms with Gasteiger partial charge in [-0.05, 0) is 37.5 Å². The predicted molar refractivity (Wildman–Crippen MR) is 124 cm³/mol. The average molecular weight is 488 g/mol. The largest absolute Gasteiger partial charge is 0.432 e. The van der Waals surface area contributed by atoms with Gasteiger partial charge < -0.3 is 20.4 Å². The van der Waals surface area contributed by atoms with Gasteiger partial charge in [-0.15, -0.1) is 0 Å². The number of nitrogens with zero attached hydrogens (tertiary/aromatic N) is 4. The van der Waals surface area contributed by atoms with Crippen LogP contribution in [-0.2, 0) is 0 Å². The maximum absolute atomic E-state index is 12.8. The summed E-state index contributed by atoms with van der Waals surface area (Å²) < 4.78 is 30.2. The molecular weight excluding hydrogens is 468 g/mol. The van der Waals surface area contributed by atoms with Crippen molar-refractivity contribution >= 4 is 34.3 Å². The van der Waals surface area contributed by atoms with Crippen molar-refractivity contribution in [2.75, 3.05) is 10.6 Å². The highest BCUT2D eigenvalue weighted by Crippen LogP contribution is 2.25. The topological polar surface area (TPSA) is 110 Å². The molecule has 0 aromatic carbocycles. The Kier molecular flexibility index (Phi) is 6.01. The Morgan fingerprint density at radius 2 is 1.85 bits per heavy atom. The second kappa shape index (κ2) is 9.26. The van der Waals surface area contributed by atoms with Crippen LogP contribution in [0.5, 0.6) is 5.75 Å². The highest BCUT2D eigenvalue weighted by molar-refractivity contribution is 6.35. The molecular formula is C22H20ClF2N7O2. The van der Waals surface area contributed by atoms with Crippen molar-refractivity contribution in [3.05, 3.63) is 64.6 Å². The fourth-order valence-corrected chi connectivity index (χ4v) is 4.34. The predicted octanol–water partition coefficient (Wildman–Crippen LogP) is 4.20. The van der Waals surface area contributed by atoms with E-state index in [0.29, 0.717) is 33.4 Å². The van der Waals surface area contributed by atoms with Gasteiger partial charge >= 0.3 is 6.61 Å². The van der Waals surface area contributed by atoms with Gasteiger partial charge in [0, 0.05) is 24.5 Å². The summed E-state index contributed by atoms with van der Waals surface area (Å²) >= 11 is 6.13. The molecule has 0 aliphatic heterocycles. The lowest BCUT2D eigenvalue weighted by molar-refractivity contribution is -0.0503. The molecule has 1 saturated carbocycles. The third-order valence-corrected chi connectivity index (χ3v) is 5.98. The van der Waals surface area contributed by atoms with Crippen LogP contribution in [0, 0.1) is 0 Å². The number of rotatable bonds is 7. The number of H-pyrrole nitrogens is 1. The number of hydrogen-bond acceptors (Lipinski definition) is 7. The Balaban J connectivity index is 1.19. The smallest absolute Gasteiger partial charge is 0.387 e. The molecule has 12 heteroatoms. The Morgan fingerprint density at radius 1 is 1.09 bits per heavy atom. The van der Waals surface area contributed by atoms with E-state index in [1.807, 2.05) is 12.1 Å². The molecule has 3 N–H and O–H groups in total. The van der Waals surface area contributed by atoms with Crippen LogP contribution >= 0.6 is 11.6 Å². The number of halogens is 3. The lowest BCUT2D eigenvalue weighted by Gasteiger charge is -2.15. The monoisotopic (exact) mass is 487 g/mol. The lowest BCUT2D eigenvalue weighted by Crippen LogP contribution is -2.22. The average Bonchev–Trinajstić information content (AvgIpc) is 3.42. The Morgan fingerprint density at radius 3 is 2.56 bits per heavy atom. The molecule has 1 aliphatic rings. The van der Waals surface area contributed by atoms with Crippen LogP contribution in [0.3, 0.4) is 0 Å². The van der Waals surface area contributed by atoms with Crippen molar-refractivity contribution in [2.45, 2.75) is 38.0 Å². The van der Waals surface area contributed by atoms with Gasteiger partial charge in [-0.1, -0.05) is 11.6 Å². The maximum Gasteiger partial charge on any atom is 0.387 e. The number of aromatic amines is 1. The number of pyridine rings is 2. The number of alkyl halides is 2. The van der Waals surface area contributed by atoms with Crippen molar-refractivity contribution in [2.24, 2.45) is 0 Å². The summed E-state index contributed by atoms with van der Waals surface area (Å²) in [6.07, 6.45) is 9.95. The molecule has 5 rings (SSSR count). The summed E-state index contributed by atoms with van der Waals surface area (Å²) in [6, 6.07) is 5.77. The van der Waals surface area contributed by atoms with Crippen molar-refractivity contribution in [1.29, 1.82) is 0 Å². The first-order valence-electron chi connectivity index (χ1n) is 10.6. The fraction of sp³-hybridized carbons (Fsp3) is 0.273. The Bertz CT molecular complexity index is 1340. The van der Waals surface area contributed by atoms with Crippen molar-refractivity contribution in [3.8, 4) is 11.4 Å². The first-order valence-corrected chi connectivity index (χ1v) is 11.0. The number of aromatic nitrogens is 5. The van der Waals surface area contributed by atoms with Gasteiger partial charge in [0.05, 0.1) is 40.2 Å². The minimum Gasteiger partial charge on any atom is -0.432 e. The standard InChI is InChI=1S/C22H20ClF2N7O2/c23-16-11-26-17-5-6-32(20(33)19(16)17)14-3-4-18(27-8-14)30-12-1-2-13(7-12)31-22-28-9-15(10-29-22)34-21(24)25/h3-6,8-13,21,26H,1-2,7H2,(H,27,30)(H,28,29,31)/t12-,13-/m0/s1. The summed E-state index contributed by atoms with van der Waals surface area (Å²) in [5.41, 5.74) is 1.11. The van der Waals surface area contributed by atoms with E-state index in [1.54, 1.807) is 24.7 Å². The van der Waals surface area contributed by atoms with Gasteiger partial charge in [0.2, 0.25) is 5.95 Å². The van der Waals surface area contributed by atoms with Crippen molar-refractivity contribution in [3.63, 3.8) is 0 Å². The number of fused-ring (bicyclic) bond motifs is 1. The quantitative estimate of drug-likeness (QED) is 0.358. The number of ether oxygens (including phenoxy) is 1. The van der Waals surface area contributed by atoms with Crippen LogP contribution in [-0.4, -0.2) is 43.2 Å². The number of nitrogens with one attached hydrogen (secondary N) is 3. The molecule has 0 unspecified atom stereocenters. The van der Waals surface area contributed by atoms with E-state index in [1.165, 1.54) is 17.0 Å². The summed E-state index contributed by atoms with van der Waals surface area (Å²) in [6.45, 7) is -2.91. The summed E-state index contributed by atoms with van der Waals surface area (Å²) in [5, 5.41) is 7.44.